The number of aryl methyl sites for hydroxylation is 2. The lowest BCUT2D eigenvalue weighted by molar-refractivity contribution is 0.0937. The lowest BCUT2D eigenvalue weighted by Crippen LogP contribution is -2.38. The average molecular weight is 302 g/mol. The number of carbonyl (C=O) groups excluding carboxylic acids is 1. The summed E-state index contributed by atoms with van der Waals surface area (Å²) in [5.74, 6) is 6.87. The van der Waals surface area contributed by atoms with Crippen molar-refractivity contribution in [2.75, 3.05) is 26.2 Å². The van der Waals surface area contributed by atoms with Crippen LogP contribution in [0.4, 0.5) is 0 Å². The topological polar surface area (TPSA) is 50.2 Å². The minimum Gasteiger partial charge on any atom is -0.352 e. The van der Waals surface area contributed by atoms with Crippen molar-refractivity contribution < 1.29 is 4.79 Å². The molecule has 0 saturated carbocycles. The van der Waals surface area contributed by atoms with E-state index in [1.165, 1.54) is 0 Å². The fourth-order valence-corrected chi connectivity index (χ4v) is 2.80. The van der Waals surface area contributed by atoms with Gasteiger partial charge in [0.1, 0.15) is 0 Å². The molecule has 1 N–H and O–H groups in total. The van der Waals surface area contributed by atoms with Gasteiger partial charge in [0, 0.05) is 26.2 Å². The van der Waals surface area contributed by atoms with E-state index in [1.807, 2.05) is 14.0 Å². The molecule has 1 amide bonds. The van der Waals surface area contributed by atoms with Crippen LogP contribution in [0.2, 0.25) is 0 Å². The highest BCUT2D eigenvalue weighted by Gasteiger charge is 2.20. The normalized spacial score (nSPS) is 16.1. The van der Waals surface area contributed by atoms with Gasteiger partial charge in [-0.15, -0.1) is 5.92 Å². The molecule has 0 unspecified atom stereocenters. The Morgan fingerprint density at radius 3 is 2.73 bits per heavy atom. The second-order valence-corrected chi connectivity index (χ2v) is 5.94. The molecule has 1 aliphatic rings. The Morgan fingerprint density at radius 1 is 1.41 bits per heavy atom. The van der Waals surface area contributed by atoms with Crippen LogP contribution in [0.25, 0.3) is 0 Å². The molecule has 2 heterocycles. The molecule has 1 aliphatic heterocycles. The van der Waals surface area contributed by atoms with Crippen molar-refractivity contribution in [2.45, 2.75) is 33.1 Å². The third-order valence-corrected chi connectivity index (χ3v) is 4.12. The molecule has 0 aliphatic carbocycles. The molecule has 0 radical (unpaired) electrons. The molecule has 0 aromatic carbocycles. The monoisotopic (exact) mass is 302 g/mol. The number of aromatic nitrogens is 2. The smallest absolute Gasteiger partial charge is 0.254 e. The molecule has 1 aromatic rings. The van der Waals surface area contributed by atoms with Crippen molar-refractivity contribution in [1.82, 2.24) is 20.0 Å². The van der Waals surface area contributed by atoms with Crippen molar-refractivity contribution in [1.29, 1.82) is 0 Å². The molecular formula is C17H26N4O. The molecule has 1 fully saturated rings. The fraction of sp³-hybridized carbons (Fsp3) is 0.647. The van der Waals surface area contributed by atoms with Gasteiger partial charge < -0.3 is 5.32 Å². The number of likely N-dealkylation sites (tertiary alicyclic amines) is 1. The third-order valence-electron chi connectivity index (χ3n) is 4.12. The highest BCUT2D eigenvalue weighted by Crippen LogP contribution is 2.16. The van der Waals surface area contributed by atoms with Gasteiger partial charge in [-0.05, 0) is 38.8 Å². The third kappa shape index (κ3) is 4.60. The summed E-state index contributed by atoms with van der Waals surface area (Å²) in [5, 5.41) is 7.26. The molecule has 0 atom stereocenters. The van der Waals surface area contributed by atoms with Gasteiger partial charge in [-0.3, -0.25) is 14.4 Å². The molecule has 1 aromatic heterocycles. The Morgan fingerprint density at radius 2 is 2.14 bits per heavy atom. The molecule has 5 nitrogen and oxygen atoms in total. The molecule has 22 heavy (non-hydrogen) atoms. The summed E-state index contributed by atoms with van der Waals surface area (Å²) in [6.07, 6.45) is 4.95. The zero-order valence-electron chi connectivity index (χ0n) is 13.9. The van der Waals surface area contributed by atoms with Gasteiger partial charge in [0.25, 0.3) is 5.91 Å². The van der Waals surface area contributed by atoms with E-state index in [-0.39, 0.29) is 5.91 Å². The maximum Gasteiger partial charge on any atom is 0.254 e. The van der Waals surface area contributed by atoms with E-state index in [0.29, 0.717) is 11.5 Å². The van der Waals surface area contributed by atoms with E-state index in [9.17, 15) is 4.79 Å². The zero-order chi connectivity index (χ0) is 15.9. The average Bonchev–Trinajstić information content (AvgIpc) is 2.85. The summed E-state index contributed by atoms with van der Waals surface area (Å²) in [6, 6.07) is 0. The minimum absolute atomic E-state index is 0.0122. The Bertz CT molecular complexity index is 559. The summed E-state index contributed by atoms with van der Waals surface area (Å²) in [6.45, 7) is 7.72. The van der Waals surface area contributed by atoms with Crippen LogP contribution in [0.3, 0.4) is 0 Å². The van der Waals surface area contributed by atoms with Gasteiger partial charge in [0.2, 0.25) is 0 Å². The van der Waals surface area contributed by atoms with E-state index in [2.05, 4.69) is 34.1 Å². The fourth-order valence-electron chi connectivity index (χ4n) is 2.80. The Kier molecular flexibility index (Phi) is 6.02. The Balaban J connectivity index is 1.72. The van der Waals surface area contributed by atoms with E-state index < -0.39 is 0 Å². The van der Waals surface area contributed by atoms with Crippen molar-refractivity contribution in [3.63, 3.8) is 0 Å². The van der Waals surface area contributed by atoms with Crippen molar-refractivity contribution in [3.8, 4) is 11.8 Å². The molecule has 0 spiro atoms. The second kappa shape index (κ2) is 8.00. The van der Waals surface area contributed by atoms with E-state index in [4.69, 9.17) is 0 Å². The number of hydrogen-bond donors (Lipinski definition) is 1. The number of piperidine rings is 1. The first-order valence-electron chi connectivity index (χ1n) is 8.06. The lowest BCUT2D eigenvalue weighted by atomic mass is 9.96. The van der Waals surface area contributed by atoms with Gasteiger partial charge >= 0.3 is 0 Å². The zero-order valence-corrected chi connectivity index (χ0v) is 13.9. The number of carbonyl (C=O) groups is 1. The minimum atomic E-state index is -0.0122. The molecule has 1 saturated heterocycles. The van der Waals surface area contributed by atoms with E-state index in [0.717, 1.165) is 51.1 Å². The number of nitrogens with zero attached hydrogens (tertiary/aromatic N) is 3. The number of amides is 1. The lowest BCUT2D eigenvalue weighted by Gasteiger charge is -2.30. The summed E-state index contributed by atoms with van der Waals surface area (Å²) in [4.78, 5) is 14.6. The van der Waals surface area contributed by atoms with E-state index in [1.54, 1.807) is 10.9 Å². The SMILES string of the molecule is CCC#CCN1CCC(CNC(=O)c2cn(C)nc2C)CC1. The van der Waals surface area contributed by atoms with Crippen LogP contribution in [0.15, 0.2) is 6.20 Å². The van der Waals surface area contributed by atoms with Crippen LogP contribution in [0.5, 0.6) is 0 Å². The molecule has 120 valence electrons. The summed E-state index contributed by atoms with van der Waals surface area (Å²) in [7, 11) is 1.83. The molecule has 0 bridgehead atoms. The molecule has 2 rings (SSSR count). The first-order valence-corrected chi connectivity index (χ1v) is 8.06. The molecule has 5 heteroatoms. The standard InChI is InChI=1S/C17H26N4O/c1-4-5-6-9-21-10-7-15(8-11-21)12-18-17(22)16-13-20(3)19-14(16)2/h13,15H,4,7-12H2,1-3H3,(H,18,22). The van der Waals surface area contributed by atoms with Crippen LogP contribution in [-0.4, -0.2) is 46.8 Å². The van der Waals surface area contributed by atoms with Gasteiger partial charge in [-0.25, -0.2) is 0 Å². The van der Waals surface area contributed by atoms with Gasteiger partial charge in [-0.1, -0.05) is 12.8 Å². The van der Waals surface area contributed by atoms with Crippen LogP contribution >= 0.6 is 0 Å². The largest absolute Gasteiger partial charge is 0.352 e. The number of rotatable bonds is 4. The van der Waals surface area contributed by atoms with E-state index >= 15 is 0 Å². The van der Waals surface area contributed by atoms with Gasteiger partial charge in [0.05, 0.1) is 17.8 Å². The second-order valence-electron chi connectivity index (χ2n) is 5.94. The molecular weight excluding hydrogens is 276 g/mol. The van der Waals surface area contributed by atoms with Crippen molar-refractivity contribution in [2.24, 2.45) is 13.0 Å². The Labute approximate surface area is 133 Å². The Hall–Kier alpha value is -1.80. The maximum absolute atomic E-state index is 12.2. The predicted molar refractivity (Wildman–Crippen MR) is 87.5 cm³/mol. The first kappa shape index (κ1) is 16.6. The summed E-state index contributed by atoms with van der Waals surface area (Å²) < 4.78 is 1.68. The van der Waals surface area contributed by atoms with Crippen LogP contribution < -0.4 is 5.32 Å². The van der Waals surface area contributed by atoms with Crippen LogP contribution in [0.1, 0.15) is 42.2 Å². The van der Waals surface area contributed by atoms with Crippen LogP contribution in [-0.2, 0) is 7.05 Å². The summed E-state index contributed by atoms with van der Waals surface area (Å²) in [5.41, 5.74) is 1.46. The quantitative estimate of drug-likeness (QED) is 0.859. The van der Waals surface area contributed by atoms with Gasteiger partial charge in [-0.2, -0.15) is 5.10 Å². The van der Waals surface area contributed by atoms with Crippen LogP contribution in [0, 0.1) is 24.7 Å². The predicted octanol–water partition coefficient (Wildman–Crippen LogP) is 1.58. The van der Waals surface area contributed by atoms with Crippen molar-refractivity contribution >= 4 is 5.91 Å². The number of hydrogen-bond acceptors (Lipinski definition) is 3. The van der Waals surface area contributed by atoms with Crippen molar-refractivity contribution in [3.05, 3.63) is 17.5 Å². The number of nitrogens with one attached hydrogen (secondary N) is 1. The highest BCUT2D eigenvalue weighted by atomic mass is 16.1. The van der Waals surface area contributed by atoms with Gasteiger partial charge in [0.15, 0.2) is 0 Å². The maximum atomic E-state index is 12.2. The highest BCUT2D eigenvalue weighted by molar-refractivity contribution is 5.94. The first-order chi connectivity index (χ1) is 10.6. The summed E-state index contributed by atoms with van der Waals surface area (Å²) >= 11 is 0.